The Kier molecular flexibility index (Phi) is 2.25. The number of rotatable bonds is 1. The van der Waals surface area contributed by atoms with Crippen molar-refractivity contribution in [2.24, 2.45) is 0 Å². The van der Waals surface area contributed by atoms with Crippen LogP contribution >= 0.6 is 11.6 Å². The molecule has 0 aliphatic heterocycles. The summed E-state index contributed by atoms with van der Waals surface area (Å²) in [6, 6.07) is 4.39. The van der Waals surface area contributed by atoms with Crippen LogP contribution in [0.15, 0.2) is 24.4 Å². The minimum Gasteiger partial charge on any atom is -0.494 e. The van der Waals surface area contributed by atoms with Gasteiger partial charge in [0.05, 0.1) is 17.5 Å². The van der Waals surface area contributed by atoms with Crippen molar-refractivity contribution in [2.45, 2.75) is 0 Å². The van der Waals surface area contributed by atoms with Crippen molar-refractivity contribution in [1.29, 1.82) is 0 Å². The van der Waals surface area contributed by atoms with E-state index in [1.54, 1.807) is 6.07 Å². The van der Waals surface area contributed by atoms with Crippen LogP contribution in [0.3, 0.4) is 0 Å². The third kappa shape index (κ3) is 1.30. The molecule has 0 N–H and O–H groups in total. The zero-order valence-electron chi connectivity index (χ0n) is 7.42. The smallest absolute Gasteiger partial charge is 0.145 e. The third-order valence-corrected chi connectivity index (χ3v) is 2.29. The van der Waals surface area contributed by atoms with Crippen LogP contribution in [0.4, 0.5) is 4.39 Å². The summed E-state index contributed by atoms with van der Waals surface area (Å²) in [7, 11) is 1.51. The largest absolute Gasteiger partial charge is 0.494 e. The summed E-state index contributed by atoms with van der Waals surface area (Å²) in [6.07, 6.45) is 1.52. The second-order valence-electron chi connectivity index (χ2n) is 2.77. The summed E-state index contributed by atoms with van der Waals surface area (Å²) in [5, 5.41) is 0.639. The number of benzene rings is 1. The maximum Gasteiger partial charge on any atom is 0.145 e. The molecule has 0 saturated heterocycles. The molecule has 0 saturated carbocycles. The van der Waals surface area contributed by atoms with Gasteiger partial charge in [-0.25, -0.2) is 4.39 Å². The lowest BCUT2D eigenvalue weighted by molar-refractivity contribution is 0.418. The number of halogens is 2. The van der Waals surface area contributed by atoms with Gasteiger partial charge in [0, 0.05) is 6.20 Å². The normalized spacial score (nSPS) is 10.5. The van der Waals surface area contributed by atoms with Crippen LogP contribution in [0.1, 0.15) is 0 Å². The number of pyridine rings is 1. The molecule has 1 aromatic heterocycles. The van der Waals surface area contributed by atoms with Crippen molar-refractivity contribution in [2.75, 3.05) is 7.11 Å². The van der Waals surface area contributed by atoms with Crippen LogP contribution in [0.5, 0.6) is 5.75 Å². The molecule has 1 heterocycles. The van der Waals surface area contributed by atoms with Gasteiger partial charge in [0.15, 0.2) is 0 Å². The molecule has 0 unspecified atom stereocenters. The highest BCUT2D eigenvalue weighted by molar-refractivity contribution is 6.35. The molecule has 0 radical (unpaired) electrons. The Morgan fingerprint density at radius 1 is 1.36 bits per heavy atom. The minimum absolute atomic E-state index is 0.300. The molecule has 2 aromatic rings. The molecule has 2 rings (SSSR count). The first kappa shape index (κ1) is 9.21. The predicted octanol–water partition coefficient (Wildman–Crippen LogP) is 3.04. The predicted molar refractivity (Wildman–Crippen MR) is 53.3 cm³/mol. The topological polar surface area (TPSA) is 22.1 Å². The highest BCUT2D eigenvalue weighted by atomic mass is 35.5. The van der Waals surface area contributed by atoms with E-state index >= 15 is 0 Å². The molecular formula is C10H7ClFNO. The van der Waals surface area contributed by atoms with E-state index < -0.39 is 0 Å². The average Bonchev–Trinajstić information content (AvgIpc) is 2.18. The van der Waals surface area contributed by atoms with Crippen LogP contribution in [-0.4, -0.2) is 12.1 Å². The summed E-state index contributed by atoms with van der Waals surface area (Å²) in [5.74, 6) is 0.128. The van der Waals surface area contributed by atoms with Crippen molar-refractivity contribution in [3.63, 3.8) is 0 Å². The van der Waals surface area contributed by atoms with Crippen molar-refractivity contribution in [1.82, 2.24) is 4.98 Å². The van der Waals surface area contributed by atoms with Gasteiger partial charge >= 0.3 is 0 Å². The number of methoxy groups -OCH3 is 1. The number of ether oxygens (including phenoxy) is 1. The molecule has 0 amide bonds. The molecule has 2 nitrogen and oxygen atoms in total. The van der Waals surface area contributed by atoms with Crippen molar-refractivity contribution >= 4 is 22.5 Å². The van der Waals surface area contributed by atoms with Gasteiger partial charge in [-0.1, -0.05) is 11.6 Å². The van der Waals surface area contributed by atoms with E-state index in [1.165, 1.54) is 25.4 Å². The molecule has 0 atom stereocenters. The Hall–Kier alpha value is -1.35. The van der Waals surface area contributed by atoms with Gasteiger partial charge in [0.2, 0.25) is 0 Å². The Balaban J connectivity index is 2.91. The maximum atomic E-state index is 13.4. The molecule has 0 fully saturated rings. The molecule has 1 aromatic carbocycles. The minimum atomic E-state index is -0.390. The molecule has 0 spiro atoms. The number of hydrogen-bond donors (Lipinski definition) is 0. The van der Waals surface area contributed by atoms with Crippen LogP contribution < -0.4 is 4.74 Å². The molecule has 4 heteroatoms. The van der Waals surface area contributed by atoms with E-state index in [0.29, 0.717) is 21.7 Å². The Bertz CT molecular complexity index is 479. The fourth-order valence-corrected chi connectivity index (χ4v) is 1.56. The Morgan fingerprint density at radius 3 is 2.86 bits per heavy atom. The number of nitrogens with zero attached hydrogens (tertiary/aromatic N) is 1. The molecule has 0 aliphatic carbocycles. The summed E-state index contributed by atoms with van der Waals surface area (Å²) in [6.45, 7) is 0. The second kappa shape index (κ2) is 3.42. The van der Waals surface area contributed by atoms with Gasteiger partial charge in [-0.05, 0) is 18.2 Å². The first-order valence-corrected chi connectivity index (χ1v) is 4.38. The molecule has 0 bridgehead atoms. The quantitative estimate of drug-likeness (QED) is 0.723. The SMILES string of the molecule is COc1ccc(F)c2c(Cl)ccnc12. The zero-order valence-corrected chi connectivity index (χ0v) is 8.18. The lowest BCUT2D eigenvalue weighted by atomic mass is 10.2. The van der Waals surface area contributed by atoms with E-state index in [-0.39, 0.29) is 5.82 Å². The van der Waals surface area contributed by atoms with Gasteiger partial charge in [-0.2, -0.15) is 0 Å². The van der Waals surface area contributed by atoms with Gasteiger partial charge in [-0.15, -0.1) is 0 Å². The monoisotopic (exact) mass is 211 g/mol. The first-order valence-electron chi connectivity index (χ1n) is 4.00. The van der Waals surface area contributed by atoms with E-state index in [4.69, 9.17) is 16.3 Å². The van der Waals surface area contributed by atoms with Crippen LogP contribution in [0.25, 0.3) is 10.9 Å². The van der Waals surface area contributed by atoms with Gasteiger partial charge in [-0.3, -0.25) is 4.98 Å². The molecule has 72 valence electrons. The summed E-state index contributed by atoms with van der Waals surface area (Å²) in [4.78, 5) is 4.02. The second-order valence-corrected chi connectivity index (χ2v) is 3.17. The van der Waals surface area contributed by atoms with Crippen molar-refractivity contribution in [3.05, 3.63) is 35.2 Å². The average molecular weight is 212 g/mol. The number of fused-ring (bicyclic) bond motifs is 1. The fourth-order valence-electron chi connectivity index (χ4n) is 1.33. The lowest BCUT2D eigenvalue weighted by Crippen LogP contribution is -1.90. The lowest BCUT2D eigenvalue weighted by Gasteiger charge is -2.05. The molecule has 14 heavy (non-hydrogen) atoms. The van der Waals surface area contributed by atoms with E-state index in [2.05, 4.69) is 4.98 Å². The maximum absolute atomic E-state index is 13.4. The summed E-state index contributed by atoms with van der Waals surface area (Å²) in [5.41, 5.74) is 0.444. The zero-order chi connectivity index (χ0) is 10.1. The fraction of sp³-hybridized carbons (Fsp3) is 0.100. The van der Waals surface area contributed by atoms with Crippen molar-refractivity contribution in [3.8, 4) is 5.75 Å². The third-order valence-electron chi connectivity index (χ3n) is 1.97. The molecular weight excluding hydrogens is 205 g/mol. The number of hydrogen-bond acceptors (Lipinski definition) is 2. The van der Waals surface area contributed by atoms with E-state index in [1.807, 2.05) is 0 Å². The Labute approximate surface area is 85.3 Å². The van der Waals surface area contributed by atoms with Gasteiger partial charge < -0.3 is 4.74 Å². The Morgan fingerprint density at radius 2 is 2.14 bits per heavy atom. The summed E-state index contributed by atoms with van der Waals surface area (Å²) < 4.78 is 18.4. The van der Waals surface area contributed by atoms with Crippen LogP contribution in [0.2, 0.25) is 5.02 Å². The van der Waals surface area contributed by atoms with Crippen LogP contribution in [-0.2, 0) is 0 Å². The van der Waals surface area contributed by atoms with Crippen molar-refractivity contribution < 1.29 is 9.13 Å². The standard InChI is InChI=1S/C10H7ClFNO/c1-14-8-3-2-7(12)9-6(11)4-5-13-10(8)9/h2-5H,1H3. The first-order chi connectivity index (χ1) is 6.74. The highest BCUT2D eigenvalue weighted by Crippen LogP contribution is 2.30. The highest BCUT2D eigenvalue weighted by Gasteiger charge is 2.10. The van der Waals surface area contributed by atoms with Crippen LogP contribution in [0, 0.1) is 5.82 Å². The summed E-state index contributed by atoms with van der Waals surface area (Å²) >= 11 is 5.86. The van der Waals surface area contributed by atoms with E-state index in [0.717, 1.165) is 0 Å². The molecule has 0 aliphatic rings. The van der Waals surface area contributed by atoms with Gasteiger partial charge in [0.1, 0.15) is 17.1 Å². The van der Waals surface area contributed by atoms with Gasteiger partial charge in [0.25, 0.3) is 0 Å². The number of aromatic nitrogens is 1. The van der Waals surface area contributed by atoms with E-state index in [9.17, 15) is 4.39 Å².